The van der Waals surface area contributed by atoms with Crippen LogP contribution in [0.5, 0.6) is 0 Å². The minimum Gasteiger partial charge on any atom is -0.447 e. The predicted molar refractivity (Wildman–Crippen MR) is 103 cm³/mol. The lowest BCUT2D eigenvalue weighted by Crippen LogP contribution is -2.44. The summed E-state index contributed by atoms with van der Waals surface area (Å²) in [5.41, 5.74) is 0.0396. The van der Waals surface area contributed by atoms with Gasteiger partial charge in [-0.25, -0.2) is 14.8 Å². The summed E-state index contributed by atoms with van der Waals surface area (Å²) in [6, 6.07) is 1.83. The molecule has 3 rings (SSSR count). The number of aromatic nitrogens is 2. The van der Waals surface area contributed by atoms with Crippen LogP contribution in [0.2, 0.25) is 0 Å². The van der Waals surface area contributed by atoms with E-state index in [1.807, 2.05) is 52.5 Å². The van der Waals surface area contributed by atoms with Gasteiger partial charge in [0.1, 0.15) is 18.2 Å². The number of ether oxygens (including phenoxy) is 1. The summed E-state index contributed by atoms with van der Waals surface area (Å²) in [4.78, 5) is 37.6. The molecule has 0 aromatic carbocycles. The molecular formula is C20H30N4O3. The Hall–Kier alpha value is -2.18. The second kappa shape index (κ2) is 6.77. The molecule has 148 valence electrons. The maximum absolute atomic E-state index is 12.5. The highest BCUT2D eigenvalue weighted by atomic mass is 16.6. The molecule has 2 aliphatic rings. The zero-order valence-corrected chi connectivity index (χ0v) is 17.2. The number of rotatable bonds is 2. The van der Waals surface area contributed by atoms with Crippen LogP contribution < -0.4 is 4.90 Å². The van der Waals surface area contributed by atoms with Crippen LogP contribution >= 0.6 is 0 Å². The van der Waals surface area contributed by atoms with Crippen LogP contribution in [0, 0.1) is 12.3 Å². The van der Waals surface area contributed by atoms with Crippen LogP contribution in [0.15, 0.2) is 6.07 Å². The first-order chi connectivity index (χ1) is 12.5. The first-order valence-electron chi connectivity index (χ1n) is 9.61. The first-order valence-corrected chi connectivity index (χ1v) is 9.61. The van der Waals surface area contributed by atoms with Crippen molar-refractivity contribution in [3.8, 4) is 0 Å². The van der Waals surface area contributed by atoms with Crippen LogP contribution in [0.4, 0.5) is 10.6 Å². The van der Waals surface area contributed by atoms with Gasteiger partial charge in [-0.3, -0.25) is 9.69 Å². The third kappa shape index (κ3) is 3.92. The molecule has 1 aromatic heterocycles. The highest BCUT2D eigenvalue weighted by Gasteiger charge is 2.42. The zero-order valence-electron chi connectivity index (χ0n) is 17.2. The fourth-order valence-electron chi connectivity index (χ4n) is 3.70. The maximum Gasteiger partial charge on any atom is 0.416 e. The second-order valence-electron chi connectivity index (χ2n) is 9.24. The fraction of sp³-hybridized carbons (Fsp3) is 0.700. The summed E-state index contributed by atoms with van der Waals surface area (Å²) in [7, 11) is 0. The molecule has 0 atom stereocenters. The first kappa shape index (κ1) is 19.6. The van der Waals surface area contributed by atoms with Crippen molar-refractivity contribution in [2.24, 2.45) is 5.41 Å². The lowest BCUT2D eigenvalue weighted by atomic mass is 9.90. The third-order valence-electron chi connectivity index (χ3n) is 5.21. The van der Waals surface area contributed by atoms with Crippen LogP contribution in [0.25, 0.3) is 0 Å². The maximum atomic E-state index is 12.5. The van der Waals surface area contributed by atoms with E-state index in [0.717, 1.165) is 24.4 Å². The molecule has 0 bridgehead atoms. The number of piperidine rings is 1. The number of carbonyl (C=O) groups excluding carboxylic acids is 2. The van der Waals surface area contributed by atoms with Gasteiger partial charge in [-0.15, -0.1) is 0 Å². The van der Waals surface area contributed by atoms with E-state index in [1.165, 1.54) is 0 Å². The third-order valence-corrected chi connectivity index (χ3v) is 5.21. The van der Waals surface area contributed by atoms with Crippen LogP contribution in [-0.2, 0) is 9.53 Å². The van der Waals surface area contributed by atoms with Gasteiger partial charge in [0, 0.05) is 36.2 Å². The van der Waals surface area contributed by atoms with Gasteiger partial charge < -0.3 is 9.64 Å². The van der Waals surface area contributed by atoms with Crippen molar-refractivity contribution in [1.82, 2.24) is 14.9 Å². The van der Waals surface area contributed by atoms with Crippen molar-refractivity contribution in [3.05, 3.63) is 17.6 Å². The Balaban J connectivity index is 1.78. The second-order valence-corrected chi connectivity index (χ2v) is 9.24. The van der Waals surface area contributed by atoms with Crippen molar-refractivity contribution in [3.63, 3.8) is 0 Å². The van der Waals surface area contributed by atoms with Crippen molar-refractivity contribution in [2.45, 2.75) is 65.8 Å². The molecule has 3 heterocycles. The monoisotopic (exact) mass is 374 g/mol. The summed E-state index contributed by atoms with van der Waals surface area (Å²) in [5, 5.41) is 0. The molecule has 7 nitrogen and oxygen atoms in total. The number of amides is 2. The highest BCUT2D eigenvalue weighted by molar-refractivity contribution is 5.90. The molecule has 2 amide bonds. The van der Waals surface area contributed by atoms with E-state index in [1.54, 1.807) is 4.90 Å². The van der Waals surface area contributed by atoms with E-state index in [4.69, 9.17) is 9.72 Å². The predicted octanol–water partition coefficient (Wildman–Crippen LogP) is 3.27. The molecule has 0 aliphatic carbocycles. The van der Waals surface area contributed by atoms with Crippen LogP contribution in [0.3, 0.4) is 0 Å². The van der Waals surface area contributed by atoms with Crippen molar-refractivity contribution in [1.29, 1.82) is 0 Å². The van der Waals surface area contributed by atoms with Crippen molar-refractivity contribution >= 4 is 17.8 Å². The lowest BCUT2D eigenvalue weighted by Gasteiger charge is -2.35. The Morgan fingerprint density at radius 1 is 1.22 bits per heavy atom. The van der Waals surface area contributed by atoms with Gasteiger partial charge in [0.15, 0.2) is 0 Å². The smallest absolute Gasteiger partial charge is 0.416 e. The molecule has 2 saturated heterocycles. The molecular weight excluding hydrogens is 344 g/mol. The molecule has 0 N–H and O–H groups in total. The molecule has 0 spiro atoms. The number of cyclic esters (lactones) is 1. The minimum absolute atomic E-state index is 0.188. The standard InChI is InChI=1S/C20H30N4O3/c1-13-11-15(24-18(26)27-12-20(24,5)6)22-16(21-13)14-7-9-23(10-8-14)17(25)19(2,3)4/h11,14H,7-10,12H2,1-6H3. The SMILES string of the molecule is Cc1cc(N2C(=O)OCC2(C)C)nc(C2CCN(C(=O)C(C)(C)C)CC2)n1. The van der Waals surface area contributed by atoms with Crippen LogP contribution in [-0.4, -0.2) is 52.1 Å². The van der Waals surface area contributed by atoms with Gasteiger partial charge in [-0.1, -0.05) is 20.8 Å². The van der Waals surface area contributed by atoms with Crippen molar-refractivity contribution in [2.75, 3.05) is 24.6 Å². The van der Waals surface area contributed by atoms with E-state index in [9.17, 15) is 9.59 Å². The van der Waals surface area contributed by atoms with Crippen molar-refractivity contribution < 1.29 is 14.3 Å². The fourth-order valence-corrected chi connectivity index (χ4v) is 3.70. The Bertz CT molecular complexity index is 746. The van der Waals surface area contributed by atoms with Gasteiger partial charge >= 0.3 is 6.09 Å². The summed E-state index contributed by atoms with van der Waals surface area (Å²) < 4.78 is 5.22. The normalized spacial score (nSPS) is 20.7. The average Bonchev–Trinajstić information content (AvgIpc) is 2.86. The quantitative estimate of drug-likeness (QED) is 0.794. The molecule has 0 unspecified atom stereocenters. The molecule has 2 fully saturated rings. The van der Waals surface area contributed by atoms with E-state index in [-0.39, 0.29) is 23.3 Å². The largest absolute Gasteiger partial charge is 0.447 e. The van der Waals surface area contributed by atoms with Gasteiger partial charge in [0.05, 0.1) is 5.54 Å². The van der Waals surface area contributed by atoms with Gasteiger partial charge in [0.25, 0.3) is 0 Å². The highest BCUT2D eigenvalue weighted by Crippen LogP contribution is 2.33. The van der Waals surface area contributed by atoms with Gasteiger partial charge in [-0.2, -0.15) is 0 Å². The lowest BCUT2D eigenvalue weighted by molar-refractivity contribution is -0.140. The molecule has 7 heteroatoms. The Kier molecular flexibility index (Phi) is 4.91. The molecule has 1 aromatic rings. The van der Waals surface area contributed by atoms with Crippen LogP contribution in [0.1, 0.15) is 64.9 Å². The number of hydrogen-bond acceptors (Lipinski definition) is 5. The van der Waals surface area contributed by atoms with E-state index >= 15 is 0 Å². The van der Waals surface area contributed by atoms with Gasteiger partial charge in [0.2, 0.25) is 5.91 Å². The average molecular weight is 374 g/mol. The summed E-state index contributed by atoms with van der Waals surface area (Å²) in [5.74, 6) is 1.73. The molecule has 27 heavy (non-hydrogen) atoms. The molecule has 2 aliphatic heterocycles. The summed E-state index contributed by atoms with van der Waals surface area (Å²) >= 11 is 0. The Morgan fingerprint density at radius 3 is 2.37 bits per heavy atom. The number of nitrogens with zero attached hydrogens (tertiary/aromatic N) is 4. The summed E-state index contributed by atoms with van der Waals surface area (Å²) in [6.45, 7) is 13.5. The molecule has 0 saturated carbocycles. The Morgan fingerprint density at radius 2 is 1.85 bits per heavy atom. The molecule has 0 radical (unpaired) electrons. The van der Waals surface area contributed by atoms with E-state index in [0.29, 0.717) is 25.5 Å². The van der Waals surface area contributed by atoms with E-state index in [2.05, 4.69) is 4.98 Å². The number of aryl methyl sites for hydroxylation is 1. The topological polar surface area (TPSA) is 75.6 Å². The van der Waals surface area contributed by atoms with E-state index < -0.39 is 5.54 Å². The number of likely N-dealkylation sites (tertiary alicyclic amines) is 1. The zero-order chi connectivity index (χ0) is 20.0. The minimum atomic E-state index is -0.433. The number of hydrogen-bond donors (Lipinski definition) is 0. The van der Waals surface area contributed by atoms with Gasteiger partial charge in [-0.05, 0) is 33.6 Å². The summed E-state index contributed by atoms with van der Waals surface area (Å²) in [6.07, 6.45) is 1.30. The number of anilines is 1. The number of carbonyl (C=O) groups is 2. The Labute approximate surface area is 161 Å².